The minimum Gasteiger partial charge on any atom is -0.352 e. The van der Waals surface area contributed by atoms with E-state index in [-0.39, 0.29) is 17.5 Å². The van der Waals surface area contributed by atoms with Crippen LogP contribution in [0.5, 0.6) is 0 Å². The SMILES string of the molecule is CC(C)(C)N1CCC(NC(=O)C2CSCN2)CC1. The zero-order valence-corrected chi connectivity index (χ0v) is 12.5. The molecule has 0 spiro atoms. The Morgan fingerprint density at radius 3 is 2.50 bits per heavy atom. The first-order chi connectivity index (χ1) is 8.47. The minimum absolute atomic E-state index is 0.0237. The lowest BCUT2D eigenvalue weighted by Crippen LogP contribution is -2.53. The van der Waals surface area contributed by atoms with Gasteiger partial charge in [-0.3, -0.25) is 15.0 Å². The number of amides is 1. The molecule has 1 atom stereocenters. The van der Waals surface area contributed by atoms with Crippen LogP contribution in [0.25, 0.3) is 0 Å². The Hall–Kier alpha value is -0.260. The number of carbonyl (C=O) groups is 1. The Morgan fingerprint density at radius 1 is 1.33 bits per heavy atom. The molecule has 18 heavy (non-hydrogen) atoms. The second-order valence-electron chi connectivity index (χ2n) is 6.21. The van der Waals surface area contributed by atoms with Gasteiger partial charge in [0.2, 0.25) is 5.91 Å². The van der Waals surface area contributed by atoms with Crippen LogP contribution in [-0.2, 0) is 4.79 Å². The molecule has 0 aromatic heterocycles. The van der Waals surface area contributed by atoms with Gasteiger partial charge in [-0.15, -0.1) is 11.8 Å². The van der Waals surface area contributed by atoms with Gasteiger partial charge in [-0.2, -0.15) is 0 Å². The number of nitrogens with zero attached hydrogens (tertiary/aromatic N) is 1. The van der Waals surface area contributed by atoms with E-state index >= 15 is 0 Å². The van der Waals surface area contributed by atoms with E-state index in [1.807, 2.05) is 0 Å². The molecular formula is C13H25N3OS. The van der Waals surface area contributed by atoms with Gasteiger partial charge in [0.1, 0.15) is 0 Å². The fraction of sp³-hybridized carbons (Fsp3) is 0.923. The molecule has 2 rings (SSSR count). The number of hydrogen-bond acceptors (Lipinski definition) is 4. The molecule has 104 valence electrons. The van der Waals surface area contributed by atoms with E-state index in [4.69, 9.17) is 0 Å². The van der Waals surface area contributed by atoms with Crippen molar-refractivity contribution in [2.24, 2.45) is 0 Å². The lowest BCUT2D eigenvalue weighted by molar-refractivity contribution is -0.123. The molecule has 0 radical (unpaired) electrons. The minimum atomic E-state index is 0.0237. The Bertz CT molecular complexity index is 289. The molecule has 0 aromatic carbocycles. The largest absolute Gasteiger partial charge is 0.352 e. The zero-order valence-electron chi connectivity index (χ0n) is 11.7. The molecular weight excluding hydrogens is 246 g/mol. The predicted molar refractivity (Wildman–Crippen MR) is 76.7 cm³/mol. The van der Waals surface area contributed by atoms with Crippen molar-refractivity contribution < 1.29 is 4.79 Å². The smallest absolute Gasteiger partial charge is 0.238 e. The summed E-state index contributed by atoms with van der Waals surface area (Å²) in [5.74, 6) is 2.00. The molecule has 1 unspecified atom stereocenters. The number of rotatable bonds is 2. The van der Waals surface area contributed by atoms with Crippen LogP contribution in [0.2, 0.25) is 0 Å². The molecule has 5 heteroatoms. The summed E-state index contributed by atoms with van der Waals surface area (Å²) >= 11 is 1.80. The number of nitrogens with one attached hydrogen (secondary N) is 2. The van der Waals surface area contributed by atoms with Crippen molar-refractivity contribution in [2.75, 3.05) is 24.7 Å². The summed E-state index contributed by atoms with van der Waals surface area (Å²) < 4.78 is 0. The summed E-state index contributed by atoms with van der Waals surface area (Å²) in [5.41, 5.74) is 0.249. The number of likely N-dealkylation sites (tertiary alicyclic amines) is 1. The van der Waals surface area contributed by atoms with Gasteiger partial charge in [0, 0.05) is 36.3 Å². The third-order valence-corrected chi connectivity index (χ3v) is 4.76. The maximum absolute atomic E-state index is 12.0. The quantitative estimate of drug-likeness (QED) is 0.787. The molecule has 0 aromatic rings. The van der Waals surface area contributed by atoms with E-state index in [0.29, 0.717) is 6.04 Å². The van der Waals surface area contributed by atoms with Gasteiger partial charge in [0.15, 0.2) is 0 Å². The van der Waals surface area contributed by atoms with E-state index in [1.54, 1.807) is 11.8 Å². The van der Waals surface area contributed by atoms with Crippen molar-refractivity contribution in [1.82, 2.24) is 15.5 Å². The molecule has 0 saturated carbocycles. The summed E-state index contributed by atoms with van der Waals surface area (Å²) in [4.78, 5) is 14.5. The van der Waals surface area contributed by atoms with Crippen molar-refractivity contribution in [3.8, 4) is 0 Å². The molecule has 1 amide bonds. The van der Waals surface area contributed by atoms with Crippen molar-refractivity contribution in [3.05, 3.63) is 0 Å². The van der Waals surface area contributed by atoms with E-state index < -0.39 is 0 Å². The molecule has 2 aliphatic heterocycles. The first-order valence-corrected chi connectivity index (χ1v) is 7.99. The second kappa shape index (κ2) is 5.80. The highest BCUT2D eigenvalue weighted by Gasteiger charge is 2.29. The molecule has 0 bridgehead atoms. The standard InChI is InChI=1S/C13H25N3OS/c1-13(2,3)16-6-4-10(5-7-16)15-12(17)11-8-18-9-14-11/h10-11,14H,4-9H2,1-3H3,(H,15,17). The highest BCUT2D eigenvalue weighted by atomic mass is 32.2. The maximum Gasteiger partial charge on any atom is 0.238 e. The second-order valence-corrected chi connectivity index (χ2v) is 7.24. The van der Waals surface area contributed by atoms with Crippen molar-refractivity contribution in [1.29, 1.82) is 0 Å². The van der Waals surface area contributed by atoms with E-state index in [0.717, 1.165) is 37.6 Å². The Kier molecular flexibility index (Phi) is 4.56. The summed E-state index contributed by atoms with van der Waals surface area (Å²) in [7, 11) is 0. The van der Waals surface area contributed by atoms with Crippen LogP contribution in [0.4, 0.5) is 0 Å². The fourth-order valence-electron chi connectivity index (χ4n) is 2.56. The molecule has 2 heterocycles. The summed E-state index contributed by atoms with van der Waals surface area (Å²) in [6.07, 6.45) is 2.14. The van der Waals surface area contributed by atoms with E-state index in [1.165, 1.54) is 0 Å². The van der Waals surface area contributed by atoms with Crippen LogP contribution < -0.4 is 10.6 Å². The Morgan fingerprint density at radius 2 is 2.00 bits per heavy atom. The molecule has 0 aliphatic carbocycles. The number of hydrogen-bond donors (Lipinski definition) is 2. The van der Waals surface area contributed by atoms with E-state index in [2.05, 4.69) is 36.3 Å². The van der Waals surface area contributed by atoms with Crippen LogP contribution in [0.1, 0.15) is 33.6 Å². The average Bonchev–Trinajstić information content (AvgIpc) is 2.82. The number of thioether (sulfide) groups is 1. The molecule has 2 fully saturated rings. The average molecular weight is 271 g/mol. The molecule has 2 saturated heterocycles. The highest BCUT2D eigenvalue weighted by Crippen LogP contribution is 2.20. The maximum atomic E-state index is 12.0. The van der Waals surface area contributed by atoms with Gasteiger partial charge >= 0.3 is 0 Å². The van der Waals surface area contributed by atoms with Crippen LogP contribution in [-0.4, -0.2) is 53.1 Å². The van der Waals surface area contributed by atoms with E-state index in [9.17, 15) is 4.79 Å². The molecule has 2 N–H and O–H groups in total. The highest BCUT2D eigenvalue weighted by molar-refractivity contribution is 7.99. The van der Waals surface area contributed by atoms with Crippen LogP contribution in [0.3, 0.4) is 0 Å². The van der Waals surface area contributed by atoms with Crippen LogP contribution in [0, 0.1) is 0 Å². The van der Waals surface area contributed by atoms with Gasteiger partial charge in [-0.25, -0.2) is 0 Å². The monoisotopic (exact) mass is 271 g/mol. The zero-order chi connectivity index (χ0) is 13.2. The number of piperidine rings is 1. The third kappa shape index (κ3) is 3.62. The first kappa shape index (κ1) is 14.2. The van der Waals surface area contributed by atoms with Crippen LogP contribution in [0.15, 0.2) is 0 Å². The summed E-state index contributed by atoms with van der Waals surface area (Å²) in [6.45, 7) is 8.94. The first-order valence-electron chi connectivity index (χ1n) is 6.83. The molecule has 2 aliphatic rings. The van der Waals surface area contributed by atoms with Gasteiger partial charge < -0.3 is 5.32 Å². The predicted octanol–water partition coefficient (Wildman–Crippen LogP) is 1.03. The number of carbonyl (C=O) groups excluding carboxylic acids is 1. The lowest BCUT2D eigenvalue weighted by atomic mass is 9.98. The normalized spacial score (nSPS) is 27.4. The summed E-state index contributed by atoms with van der Waals surface area (Å²) in [6, 6.07) is 0.388. The van der Waals surface area contributed by atoms with Gasteiger partial charge in [0.25, 0.3) is 0 Å². The third-order valence-electron chi connectivity index (χ3n) is 3.82. The fourth-order valence-corrected chi connectivity index (χ4v) is 3.50. The van der Waals surface area contributed by atoms with Gasteiger partial charge in [-0.05, 0) is 33.6 Å². The Balaban J connectivity index is 1.75. The molecule has 4 nitrogen and oxygen atoms in total. The Labute approximate surface area is 114 Å². The van der Waals surface area contributed by atoms with Crippen molar-refractivity contribution >= 4 is 17.7 Å². The van der Waals surface area contributed by atoms with Crippen molar-refractivity contribution in [2.45, 2.75) is 51.2 Å². The summed E-state index contributed by atoms with van der Waals surface area (Å²) in [5, 5.41) is 6.41. The topological polar surface area (TPSA) is 44.4 Å². The van der Waals surface area contributed by atoms with Crippen molar-refractivity contribution in [3.63, 3.8) is 0 Å². The van der Waals surface area contributed by atoms with Crippen LogP contribution >= 0.6 is 11.8 Å². The van der Waals surface area contributed by atoms with Gasteiger partial charge in [0.05, 0.1) is 6.04 Å². The van der Waals surface area contributed by atoms with Gasteiger partial charge in [-0.1, -0.05) is 0 Å². The lowest BCUT2D eigenvalue weighted by Gasteiger charge is -2.41.